The van der Waals surface area contributed by atoms with E-state index in [1.54, 1.807) is 23.6 Å². The summed E-state index contributed by atoms with van der Waals surface area (Å²) >= 11 is 1.21. The zero-order chi connectivity index (χ0) is 25.2. The van der Waals surface area contributed by atoms with Gasteiger partial charge in [0.1, 0.15) is 29.0 Å². The predicted octanol–water partition coefficient (Wildman–Crippen LogP) is 4.67. The van der Waals surface area contributed by atoms with Crippen molar-refractivity contribution < 1.29 is 23.5 Å². The number of ether oxygens (including phenoxy) is 2. The van der Waals surface area contributed by atoms with Crippen LogP contribution in [0.25, 0.3) is 32.0 Å². The number of thiazole rings is 1. The van der Waals surface area contributed by atoms with E-state index < -0.39 is 17.5 Å². The first-order chi connectivity index (χ1) is 17.5. The second-order valence-electron chi connectivity index (χ2n) is 7.87. The molecule has 0 radical (unpaired) electrons. The molecule has 2 aromatic heterocycles. The minimum atomic E-state index is -0.778. The molecule has 0 saturated carbocycles. The lowest BCUT2D eigenvalue weighted by atomic mass is 10.0. The van der Waals surface area contributed by atoms with Crippen molar-refractivity contribution in [3.05, 3.63) is 81.4 Å². The third-order valence-electron chi connectivity index (χ3n) is 5.63. The van der Waals surface area contributed by atoms with Crippen molar-refractivity contribution in [2.45, 2.75) is 20.4 Å². The molecule has 1 amide bonds. The maximum Gasteiger partial charge on any atom is 0.349 e. The van der Waals surface area contributed by atoms with Crippen molar-refractivity contribution in [3.63, 3.8) is 0 Å². The van der Waals surface area contributed by atoms with Gasteiger partial charge in [0.05, 0.1) is 17.9 Å². The second-order valence-corrected chi connectivity index (χ2v) is 8.88. The highest BCUT2D eigenvalue weighted by atomic mass is 32.1. The molecule has 5 rings (SSSR count). The molecule has 5 aromatic rings. The summed E-state index contributed by atoms with van der Waals surface area (Å²) in [5.74, 6) is -0.684. The number of aromatic nitrogens is 1. The number of hydrogen-bond donors (Lipinski definition) is 0. The Bertz CT molecular complexity index is 1760. The number of fused-ring (bicyclic) bond motifs is 4. The van der Waals surface area contributed by atoms with E-state index in [0.717, 1.165) is 15.5 Å². The number of hydrogen-bond acceptors (Lipinski definition) is 7. The van der Waals surface area contributed by atoms with Crippen molar-refractivity contribution in [2.75, 3.05) is 13.2 Å². The van der Waals surface area contributed by atoms with Crippen molar-refractivity contribution in [3.8, 4) is 5.75 Å². The van der Waals surface area contributed by atoms with E-state index in [9.17, 15) is 14.4 Å². The van der Waals surface area contributed by atoms with Crippen LogP contribution in [0.3, 0.4) is 0 Å². The van der Waals surface area contributed by atoms with Gasteiger partial charge in [-0.15, -0.1) is 0 Å². The number of carbonyl (C=O) groups is 2. The quantitative estimate of drug-likeness (QED) is 0.190. The van der Waals surface area contributed by atoms with Gasteiger partial charge >= 0.3 is 11.6 Å². The van der Waals surface area contributed by atoms with Crippen LogP contribution in [0.5, 0.6) is 5.75 Å². The third-order valence-corrected chi connectivity index (χ3v) is 6.67. The van der Waals surface area contributed by atoms with Gasteiger partial charge in [0.15, 0.2) is 4.80 Å². The van der Waals surface area contributed by atoms with E-state index in [1.165, 1.54) is 17.4 Å². The molecule has 0 aliphatic carbocycles. The molecule has 3 aromatic carbocycles. The average molecular weight is 503 g/mol. The van der Waals surface area contributed by atoms with E-state index >= 15 is 0 Å². The number of esters is 1. The molecule has 0 atom stereocenters. The smallest absolute Gasteiger partial charge is 0.349 e. The Balaban J connectivity index is 1.69. The van der Waals surface area contributed by atoms with Crippen molar-refractivity contribution in [1.82, 2.24) is 4.57 Å². The molecule has 0 fully saturated rings. The summed E-state index contributed by atoms with van der Waals surface area (Å²) in [6.45, 7) is 4.06. The van der Waals surface area contributed by atoms with Crippen molar-refractivity contribution in [2.24, 2.45) is 4.99 Å². The number of rotatable bonds is 6. The van der Waals surface area contributed by atoms with E-state index in [2.05, 4.69) is 4.99 Å². The second kappa shape index (κ2) is 9.79. The van der Waals surface area contributed by atoms with Gasteiger partial charge in [-0.3, -0.25) is 9.59 Å². The van der Waals surface area contributed by atoms with E-state index in [-0.39, 0.29) is 23.5 Å². The monoisotopic (exact) mass is 502 g/mol. The molecular formula is C27H22N2O6S. The van der Waals surface area contributed by atoms with Gasteiger partial charge in [-0.2, -0.15) is 4.99 Å². The Labute approximate surface area is 209 Å². The highest BCUT2D eigenvalue weighted by Crippen LogP contribution is 2.28. The van der Waals surface area contributed by atoms with Gasteiger partial charge in [0, 0.05) is 5.39 Å². The molecule has 0 aliphatic rings. The summed E-state index contributed by atoms with van der Waals surface area (Å²) < 4.78 is 18.7. The molecule has 0 bridgehead atoms. The zero-order valence-corrected chi connectivity index (χ0v) is 20.5. The Kier molecular flexibility index (Phi) is 6.39. The number of benzene rings is 3. The standard InChI is InChI=1S/C27H22N2O6S/c1-3-33-21-10-7-11-22-24(21)29(15-23(30)34-4-2)27(36-22)28-25(31)19-14-18-17-9-6-5-8-16(17)12-13-20(18)35-26(19)32/h5-14H,3-4,15H2,1-2H3. The SMILES string of the molecule is CCOC(=O)Cn1c(=NC(=O)c2cc3c(ccc4ccccc43)oc2=O)sc2cccc(OCC)c21. The largest absolute Gasteiger partial charge is 0.492 e. The van der Waals surface area contributed by atoms with Gasteiger partial charge in [-0.05, 0) is 48.9 Å². The lowest BCUT2D eigenvalue weighted by molar-refractivity contribution is -0.143. The number of para-hydroxylation sites is 1. The van der Waals surface area contributed by atoms with Crippen LogP contribution in [0.1, 0.15) is 24.2 Å². The van der Waals surface area contributed by atoms with E-state index in [0.29, 0.717) is 28.8 Å². The number of carbonyl (C=O) groups excluding carboxylic acids is 2. The molecule has 8 nitrogen and oxygen atoms in total. The Morgan fingerprint density at radius 3 is 2.64 bits per heavy atom. The maximum atomic E-state index is 13.3. The molecule has 0 N–H and O–H groups in total. The topological polar surface area (TPSA) is 100 Å². The highest BCUT2D eigenvalue weighted by molar-refractivity contribution is 7.16. The summed E-state index contributed by atoms with van der Waals surface area (Å²) in [6.07, 6.45) is 0. The molecule has 9 heteroatoms. The fourth-order valence-electron chi connectivity index (χ4n) is 4.10. The van der Waals surface area contributed by atoms with Crippen LogP contribution in [0.2, 0.25) is 0 Å². The fourth-order valence-corrected chi connectivity index (χ4v) is 5.15. The highest BCUT2D eigenvalue weighted by Gasteiger charge is 2.19. The lowest BCUT2D eigenvalue weighted by Crippen LogP contribution is -2.24. The van der Waals surface area contributed by atoms with Crippen molar-refractivity contribution >= 4 is 55.2 Å². The molecule has 0 saturated heterocycles. The van der Waals surface area contributed by atoms with Gasteiger partial charge in [0.2, 0.25) is 0 Å². The molecule has 0 unspecified atom stereocenters. The summed E-state index contributed by atoms with van der Waals surface area (Å²) in [4.78, 5) is 42.9. The minimum Gasteiger partial charge on any atom is -0.492 e. The molecular weight excluding hydrogens is 480 g/mol. The molecule has 2 heterocycles. The molecule has 0 aliphatic heterocycles. The van der Waals surface area contributed by atoms with Gasteiger partial charge in [-0.25, -0.2) is 4.79 Å². The number of nitrogens with zero attached hydrogens (tertiary/aromatic N) is 2. The summed E-state index contributed by atoms with van der Waals surface area (Å²) in [5.41, 5.74) is 0.0416. The Morgan fingerprint density at radius 1 is 1.00 bits per heavy atom. The number of amides is 1. The molecule has 0 spiro atoms. The van der Waals surface area contributed by atoms with Gasteiger partial charge < -0.3 is 18.5 Å². The van der Waals surface area contributed by atoms with Crippen LogP contribution in [-0.2, 0) is 16.1 Å². The summed E-state index contributed by atoms with van der Waals surface area (Å²) in [6, 6.07) is 18.2. The first-order valence-electron chi connectivity index (χ1n) is 11.5. The maximum absolute atomic E-state index is 13.3. The molecule has 182 valence electrons. The lowest BCUT2D eigenvalue weighted by Gasteiger charge is -2.09. The van der Waals surface area contributed by atoms with E-state index in [1.807, 2.05) is 49.4 Å². The molecule has 36 heavy (non-hydrogen) atoms. The minimum absolute atomic E-state index is 0.166. The predicted molar refractivity (Wildman–Crippen MR) is 138 cm³/mol. The summed E-state index contributed by atoms with van der Waals surface area (Å²) in [7, 11) is 0. The van der Waals surface area contributed by atoms with Crippen LogP contribution in [0, 0.1) is 0 Å². The van der Waals surface area contributed by atoms with Crippen LogP contribution in [-0.4, -0.2) is 29.7 Å². The van der Waals surface area contributed by atoms with Crippen LogP contribution >= 0.6 is 11.3 Å². The Hall–Kier alpha value is -4.24. The Morgan fingerprint density at radius 2 is 1.83 bits per heavy atom. The third kappa shape index (κ3) is 4.29. The first kappa shape index (κ1) is 23.5. The average Bonchev–Trinajstić information content (AvgIpc) is 3.21. The van der Waals surface area contributed by atoms with E-state index in [4.69, 9.17) is 13.9 Å². The van der Waals surface area contributed by atoms with Crippen LogP contribution in [0.4, 0.5) is 0 Å². The summed E-state index contributed by atoms with van der Waals surface area (Å²) in [5, 5.41) is 2.45. The first-order valence-corrected chi connectivity index (χ1v) is 12.3. The fraction of sp³-hybridized carbons (Fsp3) is 0.185. The normalized spacial score (nSPS) is 11.9. The van der Waals surface area contributed by atoms with Crippen LogP contribution < -0.4 is 15.2 Å². The van der Waals surface area contributed by atoms with Crippen molar-refractivity contribution in [1.29, 1.82) is 0 Å². The van der Waals surface area contributed by atoms with Gasteiger partial charge in [-0.1, -0.05) is 47.7 Å². The van der Waals surface area contributed by atoms with Crippen LogP contribution in [0.15, 0.2) is 74.9 Å². The zero-order valence-electron chi connectivity index (χ0n) is 19.6. The van der Waals surface area contributed by atoms with Gasteiger partial charge in [0.25, 0.3) is 5.91 Å².